The molecule has 0 fully saturated rings. The Morgan fingerprint density at radius 3 is 1.75 bits per heavy atom. The van der Waals surface area contributed by atoms with Crippen molar-refractivity contribution in [2.75, 3.05) is 0 Å². The summed E-state index contributed by atoms with van der Waals surface area (Å²) >= 11 is 0. The Morgan fingerprint density at radius 1 is 0.875 bits per heavy atom. The Kier molecular flexibility index (Phi) is 3.16. The Morgan fingerprint density at radius 2 is 1.38 bits per heavy atom. The summed E-state index contributed by atoms with van der Waals surface area (Å²) in [5, 5.41) is 0. The highest BCUT2D eigenvalue weighted by Gasteiger charge is 2.57. The largest absolute Gasteiger partial charge is 0.404 e. The molecule has 0 saturated heterocycles. The smallest absolute Gasteiger partial charge is 0.207 e. The van der Waals surface area contributed by atoms with Crippen molar-refractivity contribution >= 4 is 0 Å². The highest BCUT2D eigenvalue weighted by atomic mass is 19.4. The van der Waals surface area contributed by atoms with Gasteiger partial charge in [-0.25, -0.2) is 4.39 Å². The van der Waals surface area contributed by atoms with E-state index in [1.165, 1.54) is 0 Å². The first-order chi connectivity index (χ1) is 7.12. The molecule has 0 saturated carbocycles. The molecule has 1 rings (SSSR count). The molecule has 0 aromatic heterocycles. The lowest BCUT2D eigenvalue weighted by atomic mass is 9.98. The van der Waals surface area contributed by atoms with E-state index >= 15 is 0 Å². The van der Waals surface area contributed by atoms with Gasteiger partial charge in [-0.2, -0.15) is 26.3 Å². The second-order valence-electron chi connectivity index (χ2n) is 3.07. The van der Waals surface area contributed by atoms with Crippen LogP contribution in [0.3, 0.4) is 0 Å². The third-order valence-electron chi connectivity index (χ3n) is 1.84. The number of halogens is 7. The SMILES string of the molecule is Fc1cccc(C(C(F)(F)F)C(F)(F)F)c1. The third kappa shape index (κ3) is 2.86. The van der Waals surface area contributed by atoms with Gasteiger partial charge in [0.2, 0.25) is 0 Å². The van der Waals surface area contributed by atoms with Gasteiger partial charge in [0.25, 0.3) is 0 Å². The van der Waals surface area contributed by atoms with Gasteiger partial charge in [-0.05, 0) is 17.7 Å². The van der Waals surface area contributed by atoms with Crippen molar-refractivity contribution in [2.24, 2.45) is 0 Å². The van der Waals surface area contributed by atoms with Gasteiger partial charge in [0, 0.05) is 0 Å². The maximum atomic E-state index is 12.6. The predicted molar refractivity (Wildman–Crippen MR) is 41.3 cm³/mol. The Bertz CT molecular complexity index is 349. The average molecular weight is 246 g/mol. The molecule has 16 heavy (non-hydrogen) atoms. The van der Waals surface area contributed by atoms with Crippen molar-refractivity contribution < 1.29 is 30.7 Å². The van der Waals surface area contributed by atoms with Gasteiger partial charge in [0.15, 0.2) is 5.92 Å². The molecule has 1 aromatic rings. The Balaban J connectivity index is 3.23. The van der Waals surface area contributed by atoms with Crippen LogP contribution < -0.4 is 0 Å². The van der Waals surface area contributed by atoms with E-state index in [4.69, 9.17) is 0 Å². The summed E-state index contributed by atoms with van der Waals surface area (Å²) in [5.74, 6) is -4.80. The zero-order valence-corrected chi connectivity index (χ0v) is 7.53. The lowest BCUT2D eigenvalue weighted by Gasteiger charge is -2.23. The van der Waals surface area contributed by atoms with E-state index in [0.29, 0.717) is 6.07 Å². The molecule has 0 spiro atoms. The van der Waals surface area contributed by atoms with Crippen LogP contribution in [0.25, 0.3) is 0 Å². The number of benzene rings is 1. The van der Waals surface area contributed by atoms with Crippen LogP contribution in [0.15, 0.2) is 24.3 Å². The second-order valence-corrected chi connectivity index (χ2v) is 3.07. The van der Waals surface area contributed by atoms with Gasteiger partial charge in [0.05, 0.1) is 0 Å². The fourth-order valence-electron chi connectivity index (χ4n) is 1.25. The van der Waals surface area contributed by atoms with Gasteiger partial charge in [-0.1, -0.05) is 12.1 Å². The minimum Gasteiger partial charge on any atom is -0.207 e. The van der Waals surface area contributed by atoms with Crippen molar-refractivity contribution in [2.45, 2.75) is 18.3 Å². The van der Waals surface area contributed by atoms with E-state index in [1.807, 2.05) is 0 Å². The normalized spacial score (nSPS) is 13.2. The number of rotatable bonds is 1. The first-order valence-corrected chi connectivity index (χ1v) is 4.01. The summed E-state index contributed by atoms with van der Waals surface area (Å²) in [7, 11) is 0. The third-order valence-corrected chi connectivity index (χ3v) is 1.84. The topological polar surface area (TPSA) is 0 Å². The fraction of sp³-hybridized carbons (Fsp3) is 0.333. The summed E-state index contributed by atoms with van der Waals surface area (Å²) in [5.41, 5.74) is -1.15. The highest BCUT2D eigenvalue weighted by molar-refractivity contribution is 5.23. The molecule has 0 radical (unpaired) electrons. The van der Waals surface area contributed by atoms with Crippen LogP contribution in [0.4, 0.5) is 30.7 Å². The lowest BCUT2D eigenvalue weighted by Crippen LogP contribution is -2.34. The molecule has 0 bridgehead atoms. The molecule has 90 valence electrons. The lowest BCUT2D eigenvalue weighted by molar-refractivity contribution is -0.253. The minimum absolute atomic E-state index is 0.228. The van der Waals surface area contributed by atoms with Crippen LogP contribution in [0, 0.1) is 5.82 Å². The molecular weight excluding hydrogens is 241 g/mol. The van der Waals surface area contributed by atoms with Crippen molar-refractivity contribution in [1.29, 1.82) is 0 Å². The van der Waals surface area contributed by atoms with E-state index in [1.54, 1.807) is 0 Å². The van der Waals surface area contributed by atoms with Crippen LogP contribution >= 0.6 is 0 Å². The van der Waals surface area contributed by atoms with Crippen molar-refractivity contribution in [3.63, 3.8) is 0 Å². The van der Waals surface area contributed by atoms with E-state index < -0.39 is 29.7 Å². The van der Waals surface area contributed by atoms with Crippen LogP contribution in [-0.2, 0) is 0 Å². The van der Waals surface area contributed by atoms with E-state index in [2.05, 4.69) is 0 Å². The maximum Gasteiger partial charge on any atom is 0.404 e. The van der Waals surface area contributed by atoms with Crippen LogP contribution in [0.5, 0.6) is 0 Å². The van der Waals surface area contributed by atoms with Crippen molar-refractivity contribution in [3.05, 3.63) is 35.6 Å². The summed E-state index contributed by atoms with van der Waals surface area (Å²) < 4.78 is 85.7. The second kappa shape index (κ2) is 3.95. The first-order valence-electron chi connectivity index (χ1n) is 4.01. The van der Waals surface area contributed by atoms with Crippen LogP contribution in [-0.4, -0.2) is 12.4 Å². The number of hydrogen-bond acceptors (Lipinski definition) is 0. The molecule has 0 unspecified atom stereocenters. The zero-order valence-electron chi connectivity index (χ0n) is 7.53. The van der Waals surface area contributed by atoms with Crippen LogP contribution in [0.2, 0.25) is 0 Å². The quantitative estimate of drug-likeness (QED) is 0.656. The molecule has 0 aliphatic carbocycles. The monoisotopic (exact) mass is 246 g/mol. The molecular formula is C9H5F7. The fourth-order valence-corrected chi connectivity index (χ4v) is 1.25. The van der Waals surface area contributed by atoms with Gasteiger partial charge >= 0.3 is 12.4 Å². The van der Waals surface area contributed by atoms with Gasteiger partial charge < -0.3 is 0 Å². The predicted octanol–water partition coefficient (Wildman–Crippen LogP) is 4.03. The first kappa shape index (κ1) is 12.8. The number of alkyl halides is 6. The van der Waals surface area contributed by atoms with Crippen molar-refractivity contribution in [3.8, 4) is 0 Å². The molecule has 0 amide bonds. The van der Waals surface area contributed by atoms with Crippen molar-refractivity contribution in [1.82, 2.24) is 0 Å². The Labute approximate surface area is 85.7 Å². The summed E-state index contributed by atoms with van der Waals surface area (Å²) in [6.45, 7) is 0. The minimum atomic E-state index is -5.49. The molecule has 0 N–H and O–H groups in total. The molecule has 7 heteroatoms. The van der Waals surface area contributed by atoms with Gasteiger partial charge in [-0.3, -0.25) is 0 Å². The summed E-state index contributed by atoms with van der Waals surface area (Å²) in [6.07, 6.45) is -11.0. The van der Waals surface area contributed by atoms with Gasteiger partial charge in [-0.15, -0.1) is 0 Å². The molecule has 0 heterocycles. The highest BCUT2D eigenvalue weighted by Crippen LogP contribution is 2.46. The van der Waals surface area contributed by atoms with Crippen LogP contribution in [0.1, 0.15) is 11.5 Å². The molecule has 0 aliphatic rings. The molecule has 0 aliphatic heterocycles. The standard InChI is InChI=1S/C9H5F7/c10-6-3-1-2-5(4-6)7(8(11,12)13)9(14,15)16/h1-4,7H. The molecule has 0 nitrogen and oxygen atoms in total. The summed E-state index contributed by atoms with van der Waals surface area (Å²) in [6, 6.07) is 2.39. The van der Waals surface area contributed by atoms with Gasteiger partial charge in [0.1, 0.15) is 5.82 Å². The summed E-state index contributed by atoms with van der Waals surface area (Å²) in [4.78, 5) is 0. The zero-order chi connectivity index (χ0) is 12.6. The number of hydrogen-bond donors (Lipinski definition) is 0. The molecule has 0 atom stereocenters. The van der Waals surface area contributed by atoms with E-state index in [-0.39, 0.29) is 6.07 Å². The average Bonchev–Trinajstić information content (AvgIpc) is 1.97. The molecule has 1 aromatic carbocycles. The maximum absolute atomic E-state index is 12.6. The van der Waals surface area contributed by atoms with E-state index in [9.17, 15) is 30.7 Å². The Hall–Kier alpha value is -1.27. The van der Waals surface area contributed by atoms with E-state index in [0.717, 1.165) is 12.1 Å².